The number of benzene rings is 2. The highest BCUT2D eigenvalue weighted by atomic mass is 32.2. The van der Waals surface area contributed by atoms with Crippen LogP contribution in [0, 0.1) is 12.7 Å². The molecule has 0 fully saturated rings. The first-order valence-electron chi connectivity index (χ1n) is 5.99. The van der Waals surface area contributed by atoms with Gasteiger partial charge in [-0.25, -0.2) is 12.8 Å². The van der Waals surface area contributed by atoms with Crippen LogP contribution in [0.3, 0.4) is 0 Å². The van der Waals surface area contributed by atoms with Crippen LogP contribution in [0.4, 0.5) is 10.1 Å². The van der Waals surface area contributed by atoms with Gasteiger partial charge < -0.3 is 5.73 Å². The molecule has 0 atom stereocenters. The zero-order chi connectivity index (χ0) is 15.6. The lowest BCUT2D eigenvalue weighted by atomic mass is 10.1. The van der Waals surface area contributed by atoms with E-state index in [4.69, 9.17) is 18.0 Å². The minimum Gasteiger partial charge on any atom is -0.389 e. The van der Waals surface area contributed by atoms with Gasteiger partial charge in [-0.1, -0.05) is 36.5 Å². The van der Waals surface area contributed by atoms with Crippen molar-refractivity contribution in [2.45, 2.75) is 11.8 Å². The summed E-state index contributed by atoms with van der Waals surface area (Å²) in [5.41, 5.74) is 7.01. The zero-order valence-electron chi connectivity index (χ0n) is 11.1. The molecule has 2 rings (SSSR count). The minimum atomic E-state index is -4.06. The van der Waals surface area contributed by atoms with Crippen molar-refractivity contribution in [2.24, 2.45) is 5.73 Å². The molecule has 0 aromatic heterocycles. The van der Waals surface area contributed by atoms with Crippen molar-refractivity contribution in [1.82, 2.24) is 0 Å². The van der Waals surface area contributed by atoms with Crippen molar-refractivity contribution >= 4 is 32.9 Å². The summed E-state index contributed by atoms with van der Waals surface area (Å²) in [6.45, 7) is 1.76. The number of hydrogen-bond acceptors (Lipinski definition) is 3. The van der Waals surface area contributed by atoms with Gasteiger partial charge in [0, 0.05) is 5.56 Å². The molecule has 0 aliphatic rings. The van der Waals surface area contributed by atoms with Crippen molar-refractivity contribution in [3.8, 4) is 0 Å². The summed E-state index contributed by atoms with van der Waals surface area (Å²) >= 11 is 4.94. The number of nitrogens with two attached hydrogens (primary N) is 1. The first-order chi connectivity index (χ1) is 9.83. The number of rotatable bonds is 4. The molecule has 0 aliphatic carbocycles. The summed E-state index contributed by atoms with van der Waals surface area (Å²) in [5, 5.41) is 0. The van der Waals surface area contributed by atoms with E-state index in [0.717, 1.165) is 11.6 Å². The molecule has 0 saturated heterocycles. The van der Waals surface area contributed by atoms with Gasteiger partial charge in [-0.2, -0.15) is 0 Å². The molecule has 2 aromatic rings. The summed E-state index contributed by atoms with van der Waals surface area (Å²) < 4.78 is 40.5. The lowest BCUT2D eigenvalue weighted by molar-refractivity contribution is 0.570. The third kappa shape index (κ3) is 3.20. The number of aryl methyl sites for hydroxylation is 1. The Morgan fingerprint density at radius 2 is 1.86 bits per heavy atom. The molecular weight excluding hydrogens is 311 g/mol. The van der Waals surface area contributed by atoms with Crippen LogP contribution in [0.25, 0.3) is 0 Å². The molecular formula is C14H13FN2O2S2. The van der Waals surface area contributed by atoms with E-state index in [0.29, 0.717) is 5.56 Å². The third-order valence-corrected chi connectivity index (χ3v) is 4.49. The van der Waals surface area contributed by atoms with Crippen LogP contribution in [-0.4, -0.2) is 13.4 Å². The molecule has 2 aromatic carbocycles. The highest BCUT2D eigenvalue weighted by molar-refractivity contribution is 7.92. The fraction of sp³-hybridized carbons (Fsp3) is 0.0714. The van der Waals surface area contributed by atoms with E-state index < -0.39 is 20.7 Å². The SMILES string of the molecule is Cc1cccc(NS(=O)(=O)c2ccccc2F)c1C(N)=S. The van der Waals surface area contributed by atoms with Crippen LogP contribution in [0.2, 0.25) is 0 Å². The Labute approximate surface area is 127 Å². The van der Waals surface area contributed by atoms with Crippen LogP contribution in [0.15, 0.2) is 47.4 Å². The van der Waals surface area contributed by atoms with Gasteiger partial charge in [-0.15, -0.1) is 0 Å². The van der Waals surface area contributed by atoms with E-state index in [1.54, 1.807) is 19.1 Å². The van der Waals surface area contributed by atoms with Gasteiger partial charge in [0.1, 0.15) is 15.7 Å². The van der Waals surface area contributed by atoms with E-state index in [2.05, 4.69) is 4.72 Å². The van der Waals surface area contributed by atoms with Gasteiger partial charge in [-0.05, 0) is 30.7 Å². The van der Waals surface area contributed by atoms with E-state index in [9.17, 15) is 12.8 Å². The van der Waals surface area contributed by atoms with Gasteiger partial charge in [0.25, 0.3) is 10.0 Å². The van der Waals surface area contributed by atoms with E-state index in [-0.39, 0.29) is 10.7 Å². The summed E-state index contributed by atoms with van der Waals surface area (Å²) in [6, 6.07) is 10.1. The molecule has 4 nitrogen and oxygen atoms in total. The number of thiocarbonyl (C=S) groups is 1. The van der Waals surface area contributed by atoms with Crippen molar-refractivity contribution < 1.29 is 12.8 Å². The molecule has 3 N–H and O–H groups in total. The van der Waals surface area contributed by atoms with Crippen LogP contribution in [0.5, 0.6) is 0 Å². The number of sulfonamides is 1. The largest absolute Gasteiger partial charge is 0.389 e. The standard InChI is InChI=1S/C14H13FN2O2S2/c1-9-5-4-7-11(13(9)14(16)20)17-21(18,19)12-8-3-2-6-10(12)15/h2-8,17H,1H3,(H2,16,20). The van der Waals surface area contributed by atoms with Gasteiger partial charge in [0.05, 0.1) is 5.69 Å². The van der Waals surface area contributed by atoms with Crippen molar-refractivity contribution in [2.75, 3.05) is 4.72 Å². The smallest absolute Gasteiger partial charge is 0.264 e. The molecule has 0 bridgehead atoms. The Morgan fingerprint density at radius 1 is 1.19 bits per heavy atom. The Hall–Kier alpha value is -1.99. The Bertz CT molecular complexity index is 804. The second-order valence-corrected chi connectivity index (χ2v) is 6.49. The third-order valence-electron chi connectivity index (χ3n) is 2.89. The first kappa shape index (κ1) is 15.4. The second kappa shape index (κ2) is 5.79. The maximum atomic E-state index is 13.7. The molecule has 0 aliphatic heterocycles. The number of hydrogen-bond donors (Lipinski definition) is 2. The number of anilines is 1. The van der Waals surface area contributed by atoms with E-state index >= 15 is 0 Å². The van der Waals surface area contributed by atoms with Gasteiger partial charge in [0.15, 0.2) is 0 Å². The fourth-order valence-corrected chi connectivity index (χ4v) is 3.37. The quantitative estimate of drug-likeness (QED) is 0.848. The molecule has 0 amide bonds. The van der Waals surface area contributed by atoms with Crippen molar-refractivity contribution in [3.05, 3.63) is 59.4 Å². The molecule has 0 saturated carbocycles. The maximum Gasteiger partial charge on any atom is 0.264 e. The van der Waals surface area contributed by atoms with Crippen LogP contribution >= 0.6 is 12.2 Å². The topological polar surface area (TPSA) is 72.2 Å². The highest BCUT2D eigenvalue weighted by Gasteiger charge is 2.20. The molecule has 21 heavy (non-hydrogen) atoms. The lowest BCUT2D eigenvalue weighted by Crippen LogP contribution is -2.19. The Kier molecular flexibility index (Phi) is 4.24. The Morgan fingerprint density at radius 3 is 2.48 bits per heavy atom. The molecule has 0 heterocycles. The summed E-state index contributed by atoms with van der Waals surface area (Å²) in [5.74, 6) is -0.825. The highest BCUT2D eigenvalue weighted by Crippen LogP contribution is 2.24. The lowest BCUT2D eigenvalue weighted by Gasteiger charge is -2.14. The normalized spacial score (nSPS) is 11.1. The second-order valence-electron chi connectivity index (χ2n) is 4.40. The van der Waals surface area contributed by atoms with Crippen LogP contribution in [-0.2, 0) is 10.0 Å². The van der Waals surface area contributed by atoms with Crippen LogP contribution in [0.1, 0.15) is 11.1 Å². The molecule has 0 unspecified atom stereocenters. The first-order valence-corrected chi connectivity index (χ1v) is 7.89. The summed E-state index contributed by atoms with van der Waals surface area (Å²) in [6.07, 6.45) is 0. The van der Waals surface area contributed by atoms with Crippen molar-refractivity contribution in [3.63, 3.8) is 0 Å². The number of nitrogens with one attached hydrogen (secondary N) is 1. The van der Waals surface area contributed by atoms with Crippen LogP contribution < -0.4 is 10.5 Å². The van der Waals surface area contributed by atoms with Gasteiger partial charge >= 0.3 is 0 Å². The molecule has 110 valence electrons. The maximum absolute atomic E-state index is 13.7. The zero-order valence-corrected chi connectivity index (χ0v) is 12.8. The fourth-order valence-electron chi connectivity index (χ4n) is 1.94. The molecule has 7 heteroatoms. The Balaban J connectivity index is 2.50. The average Bonchev–Trinajstić information content (AvgIpc) is 2.38. The van der Waals surface area contributed by atoms with Gasteiger partial charge in [0.2, 0.25) is 0 Å². The minimum absolute atomic E-state index is 0.0688. The molecule has 0 spiro atoms. The molecule has 0 radical (unpaired) electrons. The number of halogens is 1. The van der Waals surface area contributed by atoms with E-state index in [1.807, 2.05) is 0 Å². The summed E-state index contributed by atoms with van der Waals surface area (Å²) in [4.78, 5) is -0.361. The van der Waals surface area contributed by atoms with Gasteiger partial charge in [-0.3, -0.25) is 4.72 Å². The predicted molar refractivity (Wildman–Crippen MR) is 84.3 cm³/mol. The van der Waals surface area contributed by atoms with E-state index in [1.165, 1.54) is 24.3 Å². The monoisotopic (exact) mass is 324 g/mol. The average molecular weight is 324 g/mol. The predicted octanol–water partition coefficient (Wildman–Crippen LogP) is 2.57. The van der Waals surface area contributed by atoms with Crippen molar-refractivity contribution in [1.29, 1.82) is 0 Å². The summed E-state index contributed by atoms with van der Waals surface area (Å²) in [7, 11) is -4.06.